The molecular weight excluding hydrogens is 340 g/mol. The van der Waals surface area contributed by atoms with Gasteiger partial charge < -0.3 is 9.32 Å². The molecule has 27 heavy (non-hydrogen) atoms. The molecule has 6 heteroatoms. The van der Waals surface area contributed by atoms with E-state index in [9.17, 15) is 4.79 Å². The number of hydrogen-bond donors (Lipinski definition) is 0. The van der Waals surface area contributed by atoms with Crippen LogP contribution in [0.25, 0.3) is 0 Å². The number of nitrogens with zero attached hydrogens (tertiary/aromatic N) is 4. The summed E-state index contributed by atoms with van der Waals surface area (Å²) in [6, 6.07) is 12.3. The van der Waals surface area contributed by atoms with E-state index in [1.165, 1.54) is 17.4 Å². The number of furan rings is 1. The van der Waals surface area contributed by atoms with E-state index in [0.29, 0.717) is 5.56 Å². The number of carbonyl (C=O) groups excluding carboxylic acids is 1. The molecule has 3 aromatic rings. The van der Waals surface area contributed by atoms with Gasteiger partial charge in [0.05, 0.1) is 18.4 Å². The third kappa shape index (κ3) is 4.46. The summed E-state index contributed by atoms with van der Waals surface area (Å²) in [7, 11) is 0. The number of benzene rings is 1. The second-order valence-electron chi connectivity index (χ2n) is 6.96. The maximum atomic E-state index is 12.5. The first-order valence-corrected chi connectivity index (χ1v) is 9.37. The maximum Gasteiger partial charge on any atom is 0.257 e. The van der Waals surface area contributed by atoms with E-state index in [4.69, 9.17) is 4.42 Å². The van der Waals surface area contributed by atoms with Gasteiger partial charge >= 0.3 is 0 Å². The number of aromatic nitrogens is 2. The molecule has 0 unspecified atom stereocenters. The van der Waals surface area contributed by atoms with Crippen LogP contribution in [0.1, 0.15) is 27.9 Å². The summed E-state index contributed by atoms with van der Waals surface area (Å²) in [4.78, 5) is 16.9. The molecule has 1 aliphatic rings. The lowest BCUT2D eigenvalue weighted by atomic mass is 10.1. The van der Waals surface area contributed by atoms with Gasteiger partial charge in [-0.3, -0.25) is 14.4 Å². The van der Waals surface area contributed by atoms with Crippen LogP contribution in [0.2, 0.25) is 0 Å². The monoisotopic (exact) mass is 364 g/mol. The van der Waals surface area contributed by atoms with Crippen LogP contribution in [0.3, 0.4) is 0 Å². The number of amides is 1. The molecule has 2 aromatic heterocycles. The largest absolute Gasteiger partial charge is 0.472 e. The van der Waals surface area contributed by atoms with Gasteiger partial charge in [-0.15, -0.1) is 0 Å². The standard InChI is InChI=1S/C21H24N4O2/c26-21(20-6-13-27-17-20)24-9-3-8-23(11-12-24)15-18-4-1-5-19(14-18)16-25-10-2-7-22-25/h1-2,4-7,10,13-14,17H,3,8-9,11-12,15-16H2. The van der Waals surface area contributed by atoms with Gasteiger partial charge in [-0.25, -0.2) is 0 Å². The van der Waals surface area contributed by atoms with Gasteiger partial charge in [0, 0.05) is 45.1 Å². The minimum absolute atomic E-state index is 0.0619. The highest BCUT2D eigenvalue weighted by Crippen LogP contribution is 2.14. The average molecular weight is 364 g/mol. The Hall–Kier alpha value is -2.86. The van der Waals surface area contributed by atoms with Crippen molar-refractivity contribution in [3.05, 3.63) is 78.0 Å². The highest BCUT2D eigenvalue weighted by atomic mass is 16.3. The predicted molar refractivity (Wildman–Crippen MR) is 102 cm³/mol. The van der Waals surface area contributed by atoms with Gasteiger partial charge in [0.2, 0.25) is 0 Å². The molecule has 140 valence electrons. The van der Waals surface area contributed by atoms with Crippen LogP contribution >= 0.6 is 0 Å². The quantitative estimate of drug-likeness (QED) is 0.699. The Morgan fingerprint density at radius 1 is 1.04 bits per heavy atom. The lowest BCUT2D eigenvalue weighted by Gasteiger charge is -2.22. The molecule has 0 aliphatic carbocycles. The first-order chi connectivity index (χ1) is 13.3. The van der Waals surface area contributed by atoms with Crippen molar-refractivity contribution in [3.8, 4) is 0 Å². The average Bonchev–Trinajstić information content (AvgIpc) is 3.34. The lowest BCUT2D eigenvalue weighted by Crippen LogP contribution is -2.34. The van der Waals surface area contributed by atoms with E-state index in [-0.39, 0.29) is 5.91 Å². The van der Waals surface area contributed by atoms with E-state index in [2.05, 4.69) is 34.3 Å². The zero-order valence-corrected chi connectivity index (χ0v) is 15.3. The molecule has 1 saturated heterocycles. The summed E-state index contributed by atoms with van der Waals surface area (Å²) in [5.74, 6) is 0.0619. The number of rotatable bonds is 5. The molecule has 3 heterocycles. The van der Waals surface area contributed by atoms with Gasteiger partial charge in [0.1, 0.15) is 6.26 Å². The van der Waals surface area contributed by atoms with E-state index >= 15 is 0 Å². The Morgan fingerprint density at radius 2 is 1.93 bits per heavy atom. The van der Waals surface area contributed by atoms with Crippen LogP contribution in [0, 0.1) is 0 Å². The molecule has 0 spiro atoms. The third-order valence-electron chi connectivity index (χ3n) is 4.95. The van der Waals surface area contributed by atoms with E-state index in [1.54, 1.807) is 18.5 Å². The second kappa shape index (κ2) is 8.22. The van der Waals surface area contributed by atoms with Gasteiger partial charge in [-0.2, -0.15) is 5.10 Å². The molecule has 0 radical (unpaired) electrons. The Bertz CT molecular complexity index is 858. The Labute approximate surface area is 159 Å². The van der Waals surface area contributed by atoms with Gasteiger partial charge in [-0.05, 0) is 29.7 Å². The zero-order valence-electron chi connectivity index (χ0n) is 15.3. The van der Waals surface area contributed by atoms with Crippen molar-refractivity contribution in [1.29, 1.82) is 0 Å². The van der Waals surface area contributed by atoms with Gasteiger partial charge in [0.15, 0.2) is 0 Å². The highest BCUT2D eigenvalue weighted by Gasteiger charge is 2.21. The van der Waals surface area contributed by atoms with Crippen LogP contribution in [-0.4, -0.2) is 51.7 Å². The van der Waals surface area contributed by atoms with Crippen LogP contribution in [-0.2, 0) is 13.1 Å². The topological polar surface area (TPSA) is 54.5 Å². The maximum absolute atomic E-state index is 12.5. The van der Waals surface area contributed by atoms with Gasteiger partial charge in [-0.1, -0.05) is 24.3 Å². The van der Waals surface area contributed by atoms with Crippen LogP contribution in [0.5, 0.6) is 0 Å². The minimum Gasteiger partial charge on any atom is -0.472 e. The van der Waals surface area contributed by atoms with E-state index in [1.807, 2.05) is 21.8 Å². The molecule has 1 amide bonds. The van der Waals surface area contributed by atoms with Crippen molar-refractivity contribution in [2.75, 3.05) is 26.2 Å². The molecule has 0 bridgehead atoms. The summed E-state index contributed by atoms with van der Waals surface area (Å²) in [6.45, 7) is 5.11. The normalized spacial score (nSPS) is 15.6. The van der Waals surface area contributed by atoms with Gasteiger partial charge in [0.25, 0.3) is 5.91 Å². The van der Waals surface area contributed by atoms with Crippen LogP contribution in [0.4, 0.5) is 0 Å². The summed E-state index contributed by atoms with van der Waals surface area (Å²) in [6.07, 6.45) is 7.84. The zero-order chi connectivity index (χ0) is 18.5. The lowest BCUT2D eigenvalue weighted by molar-refractivity contribution is 0.0760. The molecule has 0 atom stereocenters. The van der Waals surface area contributed by atoms with Crippen molar-refractivity contribution >= 4 is 5.91 Å². The van der Waals surface area contributed by atoms with Crippen molar-refractivity contribution in [2.24, 2.45) is 0 Å². The molecule has 1 fully saturated rings. The minimum atomic E-state index is 0.0619. The number of hydrogen-bond acceptors (Lipinski definition) is 4. The fourth-order valence-electron chi connectivity index (χ4n) is 3.57. The first kappa shape index (κ1) is 17.5. The molecule has 0 N–H and O–H groups in total. The van der Waals surface area contributed by atoms with Crippen molar-refractivity contribution < 1.29 is 9.21 Å². The van der Waals surface area contributed by atoms with Crippen molar-refractivity contribution in [3.63, 3.8) is 0 Å². The fourth-order valence-corrected chi connectivity index (χ4v) is 3.57. The summed E-state index contributed by atoms with van der Waals surface area (Å²) in [5.41, 5.74) is 3.19. The Kier molecular flexibility index (Phi) is 5.34. The summed E-state index contributed by atoms with van der Waals surface area (Å²) in [5, 5.41) is 4.28. The SMILES string of the molecule is O=C(c1ccoc1)N1CCCN(Cc2cccc(Cn3cccn3)c2)CC1. The second-order valence-corrected chi connectivity index (χ2v) is 6.96. The molecule has 1 aromatic carbocycles. The highest BCUT2D eigenvalue weighted by molar-refractivity contribution is 5.93. The summed E-state index contributed by atoms with van der Waals surface area (Å²) >= 11 is 0. The smallest absolute Gasteiger partial charge is 0.257 e. The first-order valence-electron chi connectivity index (χ1n) is 9.37. The van der Waals surface area contributed by atoms with Crippen LogP contribution in [0.15, 0.2) is 65.7 Å². The van der Waals surface area contributed by atoms with E-state index < -0.39 is 0 Å². The Morgan fingerprint density at radius 3 is 2.70 bits per heavy atom. The molecule has 4 rings (SSSR count). The molecule has 1 aliphatic heterocycles. The fraction of sp³-hybridized carbons (Fsp3) is 0.333. The summed E-state index contributed by atoms with van der Waals surface area (Å²) < 4.78 is 6.98. The Balaban J connectivity index is 1.35. The van der Waals surface area contributed by atoms with Crippen molar-refractivity contribution in [2.45, 2.75) is 19.5 Å². The number of carbonyl (C=O) groups is 1. The van der Waals surface area contributed by atoms with Crippen molar-refractivity contribution in [1.82, 2.24) is 19.6 Å². The third-order valence-corrected chi connectivity index (χ3v) is 4.95. The van der Waals surface area contributed by atoms with Crippen LogP contribution < -0.4 is 0 Å². The van der Waals surface area contributed by atoms with E-state index in [0.717, 1.165) is 45.7 Å². The molecular formula is C21H24N4O2. The predicted octanol–water partition coefficient (Wildman–Crippen LogP) is 2.87. The molecule has 0 saturated carbocycles. The molecule has 6 nitrogen and oxygen atoms in total.